The van der Waals surface area contributed by atoms with E-state index in [9.17, 15) is 0 Å². The summed E-state index contributed by atoms with van der Waals surface area (Å²) in [4.78, 5) is 0. The average molecular weight is 568 g/mol. The van der Waals surface area contributed by atoms with E-state index in [1.807, 2.05) is 0 Å². The van der Waals surface area contributed by atoms with Crippen LogP contribution in [-0.4, -0.2) is 25.4 Å². The number of hydrogen-bond donors (Lipinski definition) is 0. The quantitative estimate of drug-likeness (QED) is 0.164. The first kappa shape index (κ1) is 32.4. The Labute approximate surface area is 248 Å². The fraction of sp³-hybridized carbons (Fsp3) is 0.333. The molecule has 0 N–H and O–H groups in total. The fourth-order valence-electron chi connectivity index (χ4n) is 4.63. The Bertz CT molecular complexity index is 1250. The molecule has 0 aromatic heterocycles. The second-order valence-corrected chi connectivity index (χ2v) is 18.0. The van der Waals surface area contributed by atoms with E-state index in [0.29, 0.717) is 10.3 Å². The minimum Gasteiger partial charge on any atom is -0.116 e. The van der Waals surface area contributed by atoms with Crippen molar-refractivity contribution in [3.63, 3.8) is 0 Å². The molecule has 0 aliphatic rings. The zero-order valence-corrected chi connectivity index (χ0v) is 26.5. The zero-order chi connectivity index (χ0) is 29.6. The van der Waals surface area contributed by atoms with Crippen molar-refractivity contribution in [2.75, 3.05) is 0 Å². The van der Waals surface area contributed by atoms with E-state index in [4.69, 9.17) is 0 Å². The molecule has 4 aromatic rings. The Balaban J connectivity index is 0.000000220. The Morgan fingerprint density at radius 2 is 0.725 bits per heavy atom. The van der Waals surface area contributed by atoms with Gasteiger partial charge in [0.25, 0.3) is 0 Å². The highest BCUT2D eigenvalue weighted by atomic mass is 31.2. The number of benzene rings is 4. The second-order valence-electron chi connectivity index (χ2n) is 12.1. The molecule has 212 valence electrons. The van der Waals surface area contributed by atoms with E-state index in [0.717, 1.165) is 0 Å². The summed E-state index contributed by atoms with van der Waals surface area (Å²) < 4.78 is 0. The third kappa shape index (κ3) is 7.58. The van der Waals surface area contributed by atoms with E-state index >= 15 is 0 Å². The van der Waals surface area contributed by atoms with Crippen LogP contribution in [0.5, 0.6) is 0 Å². The molecule has 4 heteroatoms. The van der Waals surface area contributed by atoms with Crippen molar-refractivity contribution in [2.45, 2.75) is 78.0 Å². The molecule has 0 radical (unpaired) electrons. The highest BCUT2D eigenvalue weighted by molar-refractivity contribution is 8.04. The summed E-state index contributed by atoms with van der Waals surface area (Å²) in [5.41, 5.74) is 6.05. The first-order chi connectivity index (χ1) is 18.7. The Kier molecular flexibility index (Phi) is 10.7. The van der Waals surface area contributed by atoms with E-state index in [1.165, 1.54) is 34.6 Å². The molecule has 4 aromatic carbocycles. The van der Waals surface area contributed by atoms with Gasteiger partial charge in [0, 0.05) is 22.6 Å². The minimum atomic E-state index is -1.02. The molecule has 0 aliphatic heterocycles. The normalized spacial score (nSPS) is 14.8. The number of aryl methyl sites for hydroxylation is 2. The molecule has 40 heavy (non-hydrogen) atoms. The summed E-state index contributed by atoms with van der Waals surface area (Å²) in [6.45, 7) is 19.4. The molecule has 0 nitrogen and oxygen atoms in total. The summed E-state index contributed by atoms with van der Waals surface area (Å²) >= 11 is 0. The summed E-state index contributed by atoms with van der Waals surface area (Å²) in [5.74, 6) is 0. The van der Waals surface area contributed by atoms with Crippen LogP contribution < -0.4 is 10.6 Å². The van der Waals surface area contributed by atoms with Gasteiger partial charge in [-0.1, -0.05) is 97.1 Å². The van der Waals surface area contributed by atoms with Crippen molar-refractivity contribution in [2.24, 2.45) is 0 Å². The maximum atomic E-state index is 2.46. The Morgan fingerprint density at radius 1 is 0.450 bits per heavy atom. The lowest BCUT2D eigenvalue weighted by atomic mass is 10.2. The van der Waals surface area contributed by atoms with Crippen LogP contribution in [0.1, 0.15) is 63.8 Å². The molecule has 2 unspecified atom stereocenters. The molecule has 0 heterocycles. The largest absolute Gasteiger partial charge is 0.133 e. The maximum Gasteiger partial charge on any atom is 0.133 e. The van der Waals surface area contributed by atoms with Gasteiger partial charge >= 0.3 is 0 Å². The van der Waals surface area contributed by atoms with Crippen LogP contribution in [0, 0.1) is 13.8 Å². The lowest BCUT2D eigenvalue weighted by Crippen LogP contribution is -2.31. The highest BCUT2D eigenvalue weighted by Crippen LogP contribution is 2.67. The van der Waals surface area contributed by atoms with Gasteiger partial charge in [-0.3, -0.25) is 0 Å². The highest BCUT2D eigenvalue weighted by Gasteiger charge is 2.42. The zero-order valence-electron chi connectivity index (χ0n) is 24.7. The van der Waals surface area contributed by atoms with Crippen LogP contribution in [0.25, 0.3) is 0 Å². The van der Waals surface area contributed by atoms with E-state index in [1.54, 1.807) is 10.6 Å². The molecule has 4 rings (SSSR count). The van der Waals surface area contributed by atoms with Gasteiger partial charge in [0.15, 0.2) is 0 Å². The van der Waals surface area contributed by atoms with Crippen molar-refractivity contribution in [1.82, 2.24) is 0 Å². The summed E-state index contributed by atoms with van der Waals surface area (Å²) in [6.07, 6.45) is 2.59. The molecule has 0 aliphatic carbocycles. The number of rotatable bonds is 6. The van der Waals surface area contributed by atoms with Gasteiger partial charge in [-0.2, -0.15) is 0 Å². The SMILES string of the molecule is [BH3-][P+](Cc1ccccc1)(c1ccccc1C)C(C)(C)C.[BH3-][P+](Cc1ccccc1)(c1ccccc1C)C(C)(C)C. The van der Waals surface area contributed by atoms with Crippen molar-refractivity contribution in [3.8, 4) is 0 Å². The van der Waals surface area contributed by atoms with Gasteiger partial charge in [-0.15, -0.1) is 14.3 Å². The van der Waals surface area contributed by atoms with E-state index in [-0.39, 0.29) is 15.1 Å². The average Bonchev–Trinajstić information content (AvgIpc) is 2.89. The van der Waals surface area contributed by atoms with Crippen LogP contribution in [0.4, 0.5) is 0 Å². The third-order valence-corrected chi connectivity index (χ3v) is 13.6. The smallest absolute Gasteiger partial charge is 0.116 e. The monoisotopic (exact) mass is 568 g/mol. The topological polar surface area (TPSA) is 0 Å². The van der Waals surface area contributed by atoms with Gasteiger partial charge in [-0.05, 0) is 89.8 Å². The molecule has 0 bridgehead atoms. The predicted molar refractivity (Wildman–Crippen MR) is 195 cm³/mol. The molecule has 0 saturated heterocycles. The van der Waals surface area contributed by atoms with Gasteiger partial charge in [-0.25, -0.2) is 0 Å². The first-order valence-electron chi connectivity index (χ1n) is 13.7. The molecular formula is C36H52B2P2. The van der Waals surface area contributed by atoms with Gasteiger partial charge in [0.05, 0.1) is 10.6 Å². The maximum absolute atomic E-state index is 2.46. The van der Waals surface area contributed by atoms with Crippen molar-refractivity contribution in [3.05, 3.63) is 131 Å². The Hall–Kier alpha value is -2.13. The lowest BCUT2D eigenvalue weighted by molar-refractivity contribution is 0.781. The van der Waals surface area contributed by atoms with Gasteiger partial charge in [0.2, 0.25) is 0 Å². The van der Waals surface area contributed by atoms with Crippen LogP contribution in [0.2, 0.25) is 0 Å². The van der Waals surface area contributed by atoms with Crippen LogP contribution in [0.3, 0.4) is 0 Å². The Morgan fingerprint density at radius 3 is 1.00 bits per heavy atom. The van der Waals surface area contributed by atoms with Crippen molar-refractivity contribution in [1.29, 1.82) is 0 Å². The molecule has 0 amide bonds. The van der Waals surface area contributed by atoms with Crippen LogP contribution in [-0.2, 0) is 12.3 Å². The summed E-state index contributed by atoms with van der Waals surface area (Å²) in [7, 11) is -1.52. The van der Waals surface area contributed by atoms with Crippen LogP contribution >= 0.6 is 14.3 Å². The lowest BCUT2D eigenvalue weighted by Gasteiger charge is -2.43. The molecule has 0 fully saturated rings. The molecule has 2 atom stereocenters. The van der Waals surface area contributed by atoms with Crippen molar-refractivity contribution >= 4 is 40.0 Å². The number of hydrogen-bond acceptors (Lipinski definition) is 0. The second kappa shape index (κ2) is 13.2. The predicted octanol–water partition coefficient (Wildman–Crippen LogP) is 7.83. The van der Waals surface area contributed by atoms with E-state index < -0.39 is 14.3 Å². The van der Waals surface area contributed by atoms with Gasteiger partial charge in [0.1, 0.15) is 15.1 Å². The third-order valence-electron chi connectivity index (χ3n) is 6.80. The van der Waals surface area contributed by atoms with E-state index in [2.05, 4.69) is 165 Å². The molecular weight excluding hydrogens is 516 g/mol. The fourth-order valence-corrected chi connectivity index (χ4v) is 10.1. The first-order valence-corrected chi connectivity index (χ1v) is 16.8. The van der Waals surface area contributed by atoms with Crippen LogP contribution in [0.15, 0.2) is 109 Å². The van der Waals surface area contributed by atoms with Crippen molar-refractivity contribution < 1.29 is 0 Å². The van der Waals surface area contributed by atoms with Gasteiger partial charge < -0.3 is 0 Å². The standard InChI is InChI=1S/2C18H26BP/c2*1-15-10-8-9-13-17(15)20(19,18(2,3)4)14-16-11-6-5-7-12-16/h2*5-13H,14H2,1-4,19H3. The minimum absolute atomic E-state index is 0.254. The molecule has 0 saturated carbocycles. The molecule has 0 spiro atoms. The summed E-state index contributed by atoms with van der Waals surface area (Å²) in [6, 6.07) is 40.4. The summed E-state index contributed by atoms with van der Waals surface area (Å²) in [5, 5.41) is 4.23.